The van der Waals surface area contributed by atoms with Crippen LogP contribution in [0.1, 0.15) is 22.9 Å². The SMILES string of the molecule is COc1cc(C)cc(C)c1C(N)OC. The lowest BCUT2D eigenvalue weighted by atomic mass is 10.0. The molecule has 0 aliphatic rings. The Labute approximate surface area is 84.8 Å². The number of nitrogens with two attached hydrogens (primary N) is 1. The first-order valence-corrected chi connectivity index (χ1v) is 4.53. The normalized spacial score (nSPS) is 12.6. The molecule has 0 saturated carbocycles. The van der Waals surface area contributed by atoms with Crippen molar-refractivity contribution in [2.75, 3.05) is 14.2 Å². The van der Waals surface area contributed by atoms with Crippen LogP contribution in [0.15, 0.2) is 12.1 Å². The van der Waals surface area contributed by atoms with E-state index in [9.17, 15) is 0 Å². The van der Waals surface area contributed by atoms with Gasteiger partial charge in [0.15, 0.2) is 0 Å². The lowest BCUT2D eigenvalue weighted by Gasteiger charge is -2.17. The highest BCUT2D eigenvalue weighted by Gasteiger charge is 2.14. The largest absolute Gasteiger partial charge is 0.496 e. The third-order valence-corrected chi connectivity index (χ3v) is 2.25. The molecular weight excluding hydrogens is 178 g/mol. The molecule has 0 aromatic heterocycles. The van der Waals surface area contributed by atoms with E-state index in [2.05, 4.69) is 6.07 Å². The Morgan fingerprint density at radius 2 is 1.86 bits per heavy atom. The maximum Gasteiger partial charge on any atom is 0.135 e. The minimum absolute atomic E-state index is 0.425. The first-order valence-electron chi connectivity index (χ1n) is 4.53. The third-order valence-electron chi connectivity index (χ3n) is 2.25. The molecule has 0 aliphatic heterocycles. The van der Waals surface area contributed by atoms with Gasteiger partial charge in [-0.1, -0.05) is 6.07 Å². The molecule has 0 fully saturated rings. The Morgan fingerprint density at radius 3 is 2.36 bits per heavy atom. The van der Waals surface area contributed by atoms with E-state index in [4.69, 9.17) is 15.2 Å². The van der Waals surface area contributed by atoms with Gasteiger partial charge in [-0.25, -0.2) is 0 Å². The van der Waals surface area contributed by atoms with Crippen molar-refractivity contribution in [2.24, 2.45) is 5.73 Å². The number of aryl methyl sites for hydroxylation is 2. The molecule has 1 atom stereocenters. The highest BCUT2D eigenvalue weighted by molar-refractivity contribution is 5.44. The Hall–Kier alpha value is -1.06. The summed E-state index contributed by atoms with van der Waals surface area (Å²) in [6.07, 6.45) is -0.425. The van der Waals surface area contributed by atoms with Crippen molar-refractivity contribution >= 4 is 0 Å². The monoisotopic (exact) mass is 195 g/mol. The van der Waals surface area contributed by atoms with Gasteiger partial charge >= 0.3 is 0 Å². The standard InChI is InChI=1S/C11H17NO2/c1-7-5-8(2)10(11(12)14-4)9(6-7)13-3/h5-6,11H,12H2,1-4H3. The molecule has 78 valence electrons. The summed E-state index contributed by atoms with van der Waals surface area (Å²) in [5.74, 6) is 0.789. The second-order valence-corrected chi connectivity index (χ2v) is 3.35. The maximum absolute atomic E-state index is 5.82. The third kappa shape index (κ3) is 2.05. The van der Waals surface area contributed by atoms with Crippen molar-refractivity contribution in [1.29, 1.82) is 0 Å². The van der Waals surface area contributed by atoms with Crippen molar-refractivity contribution in [3.8, 4) is 5.75 Å². The van der Waals surface area contributed by atoms with Crippen LogP contribution >= 0.6 is 0 Å². The first-order chi connectivity index (χ1) is 6.60. The van der Waals surface area contributed by atoms with Crippen molar-refractivity contribution in [3.63, 3.8) is 0 Å². The van der Waals surface area contributed by atoms with E-state index in [0.29, 0.717) is 0 Å². The summed E-state index contributed by atoms with van der Waals surface area (Å²) < 4.78 is 10.4. The summed E-state index contributed by atoms with van der Waals surface area (Å²) in [5.41, 5.74) is 8.99. The van der Waals surface area contributed by atoms with Crippen LogP contribution in [-0.2, 0) is 4.74 Å². The fourth-order valence-corrected chi connectivity index (χ4v) is 1.59. The van der Waals surface area contributed by atoms with E-state index in [1.807, 2.05) is 19.9 Å². The Morgan fingerprint density at radius 1 is 1.21 bits per heavy atom. The molecule has 0 saturated heterocycles. The fraction of sp³-hybridized carbons (Fsp3) is 0.455. The highest BCUT2D eigenvalue weighted by atomic mass is 16.5. The number of benzene rings is 1. The topological polar surface area (TPSA) is 44.5 Å². The van der Waals surface area contributed by atoms with E-state index >= 15 is 0 Å². The second kappa shape index (κ2) is 4.44. The highest BCUT2D eigenvalue weighted by Crippen LogP contribution is 2.28. The van der Waals surface area contributed by atoms with E-state index in [-0.39, 0.29) is 0 Å². The van der Waals surface area contributed by atoms with Gasteiger partial charge in [0, 0.05) is 12.7 Å². The Bertz CT molecular complexity index is 323. The van der Waals surface area contributed by atoms with Crippen LogP contribution in [0, 0.1) is 13.8 Å². The van der Waals surface area contributed by atoms with Gasteiger partial charge in [-0.3, -0.25) is 0 Å². The van der Waals surface area contributed by atoms with Gasteiger partial charge in [-0.05, 0) is 31.0 Å². The number of rotatable bonds is 3. The fourth-order valence-electron chi connectivity index (χ4n) is 1.59. The Kier molecular flexibility index (Phi) is 3.49. The van der Waals surface area contributed by atoms with Crippen LogP contribution in [0.2, 0.25) is 0 Å². The van der Waals surface area contributed by atoms with E-state index < -0.39 is 6.23 Å². The summed E-state index contributed by atoms with van der Waals surface area (Å²) in [6, 6.07) is 4.03. The second-order valence-electron chi connectivity index (χ2n) is 3.35. The van der Waals surface area contributed by atoms with Gasteiger partial charge < -0.3 is 15.2 Å². The van der Waals surface area contributed by atoms with Crippen LogP contribution in [0.5, 0.6) is 5.75 Å². The van der Waals surface area contributed by atoms with Crippen LogP contribution in [0.25, 0.3) is 0 Å². The van der Waals surface area contributed by atoms with Gasteiger partial charge in [0.2, 0.25) is 0 Å². The molecule has 3 heteroatoms. The van der Waals surface area contributed by atoms with E-state index in [0.717, 1.165) is 22.4 Å². The summed E-state index contributed by atoms with van der Waals surface area (Å²) in [5, 5.41) is 0. The van der Waals surface area contributed by atoms with Crippen LogP contribution in [-0.4, -0.2) is 14.2 Å². The number of hydrogen-bond donors (Lipinski definition) is 1. The summed E-state index contributed by atoms with van der Waals surface area (Å²) in [4.78, 5) is 0. The molecule has 0 spiro atoms. The van der Waals surface area contributed by atoms with Crippen LogP contribution in [0.3, 0.4) is 0 Å². The van der Waals surface area contributed by atoms with Gasteiger partial charge in [0.1, 0.15) is 12.0 Å². The molecule has 2 N–H and O–H groups in total. The average Bonchev–Trinajstić information content (AvgIpc) is 2.15. The number of hydrogen-bond acceptors (Lipinski definition) is 3. The molecule has 14 heavy (non-hydrogen) atoms. The van der Waals surface area contributed by atoms with Crippen molar-refractivity contribution in [3.05, 3.63) is 28.8 Å². The molecule has 0 aliphatic carbocycles. The first kappa shape index (κ1) is 11.0. The average molecular weight is 195 g/mol. The zero-order chi connectivity index (χ0) is 10.7. The van der Waals surface area contributed by atoms with E-state index in [1.54, 1.807) is 14.2 Å². The lowest BCUT2D eigenvalue weighted by Crippen LogP contribution is -2.15. The zero-order valence-electron chi connectivity index (χ0n) is 9.13. The smallest absolute Gasteiger partial charge is 0.135 e. The molecule has 0 radical (unpaired) electrons. The van der Waals surface area contributed by atoms with Crippen molar-refractivity contribution < 1.29 is 9.47 Å². The molecule has 1 aromatic rings. The summed E-state index contributed by atoms with van der Waals surface area (Å²) in [6.45, 7) is 4.03. The predicted octanol–water partition coefficient (Wildman–Crippen LogP) is 1.92. The summed E-state index contributed by atoms with van der Waals surface area (Å²) >= 11 is 0. The van der Waals surface area contributed by atoms with Crippen LogP contribution in [0.4, 0.5) is 0 Å². The Balaban J connectivity index is 3.24. The quantitative estimate of drug-likeness (QED) is 0.749. The number of methoxy groups -OCH3 is 2. The van der Waals surface area contributed by atoms with Gasteiger partial charge in [0.25, 0.3) is 0 Å². The zero-order valence-corrected chi connectivity index (χ0v) is 9.13. The molecule has 0 heterocycles. The molecule has 0 bridgehead atoms. The molecule has 1 unspecified atom stereocenters. The van der Waals surface area contributed by atoms with Gasteiger partial charge in [-0.2, -0.15) is 0 Å². The lowest BCUT2D eigenvalue weighted by molar-refractivity contribution is 0.106. The minimum Gasteiger partial charge on any atom is -0.496 e. The minimum atomic E-state index is -0.425. The van der Waals surface area contributed by atoms with Crippen molar-refractivity contribution in [1.82, 2.24) is 0 Å². The number of ether oxygens (including phenoxy) is 2. The maximum atomic E-state index is 5.82. The van der Waals surface area contributed by atoms with Gasteiger partial charge in [-0.15, -0.1) is 0 Å². The predicted molar refractivity (Wildman–Crippen MR) is 56.4 cm³/mol. The van der Waals surface area contributed by atoms with Crippen molar-refractivity contribution in [2.45, 2.75) is 20.1 Å². The molecule has 1 aromatic carbocycles. The van der Waals surface area contributed by atoms with E-state index in [1.165, 1.54) is 0 Å². The molecular formula is C11H17NO2. The molecule has 3 nitrogen and oxygen atoms in total. The van der Waals surface area contributed by atoms with Crippen LogP contribution < -0.4 is 10.5 Å². The summed E-state index contributed by atoms with van der Waals surface area (Å²) in [7, 11) is 3.23. The molecule has 0 amide bonds. The van der Waals surface area contributed by atoms with Gasteiger partial charge in [0.05, 0.1) is 7.11 Å². The molecule has 1 rings (SSSR count).